The van der Waals surface area contributed by atoms with Gasteiger partial charge in [-0.2, -0.15) is 0 Å². The topological polar surface area (TPSA) is 16.6 Å². The van der Waals surface area contributed by atoms with Gasteiger partial charge in [0.05, 0.1) is 12.6 Å². The molecule has 10 heavy (non-hydrogen) atoms. The number of hydrogen-bond donors (Lipinski definition) is 1. The number of hydrogen-bond acceptors (Lipinski definition) is 0. The quantitative estimate of drug-likeness (QED) is 0.557. The molecule has 2 aliphatic rings. The van der Waals surface area contributed by atoms with Crippen LogP contribution in [0, 0.1) is 5.92 Å². The van der Waals surface area contributed by atoms with Crippen LogP contribution >= 0.6 is 0 Å². The van der Waals surface area contributed by atoms with E-state index in [1.807, 2.05) is 0 Å². The summed E-state index contributed by atoms with van der Waals surface area (Å²) in [6.07, 6.45) is 9.03. The second-order valence-electron chi connectivity index (χ2n) is 3.87. The Morgan fingerprint density at radius 2 is 1.80 bits per heavy atom. The van der Waals surface area contributed by atoms with E-state index in [0.29, 0.717) is 0 Å². The Hall–Kier alpha value is -0.0400. The third-order valence-corrected chi connectivity index (χ3v) is 3.22. The van der Waals surface area contributed by atoms with E-state index in [-0.39, 0.29) is 0 Å². The van der Waals surface area contributed by atoms with E-state index < -0.39 is 0 Å². The van der Waals surface area contributed by atoms with Crippen molar-refractivity contribution in [3.05, 3.63) is 0 Å². The summed E-state index contributed by atoms with van der Waals surface area (Å²) < 4.78 is 0. The molecule has 1 saturated carbocycles. The monoisotopic (exact) mass is 140 g/mol. The van der Waals surface area contributed by atoms with Crippen LogP contribution in [0.1, 0.15) is 38.5 Å². The Morgan fingerprint density at radius 1 is 0.900 bits per heavy atom. The third-order valence-electron chi connectivity index (χ3n) is 3.22. The Kier molecular flexibility index (Phi) is 1.94. The maximum Gasteiger partial charge on any atom is 0.0887 e. The Bertz CT molecular complexity index is 101. The molecule has 0 aromatic rings. The molecule has 0 spiro atoms. The minimum absolute atomic E-state index is 1.03. The van der Waals surface area contributed by atoms with Crippen LogP contribution in [0.3, 0.4) is 0 Å². The molecule has 0 aromatic heterocycles. The van der Waals surface area contributed by atoms with Crippen LogP contribution < -0.4 is 5.32 Å². The molecule has 1 aliphatic heterocycles. The first kappa shape index (κ1) is 6.66. The van der Waals surface area contributed by atoms with Crippen molar-refractivity contribution in [3.8, 4) is 0 Å². The van der Waals surface area contributed by atoms with E-state index in [1.54, 1.807) is 0 Å². The molecule has 2 fully saturated rings. The highest BCUT2D eigenvalue weighted by molar-refractivity contribution is 4.77. The number of nitrogens with two attached hydrogens (primary N) is 1. The molecule has 1 heteroatoms. The molecule has 2 N–H and O–H groups in total. The molecule has 1 atom stereocenters. The summed E-state index contributed by atoms with van der Waals surface area (Å²) in [6.45, 7) is 1.40. The van der Waals surface area contributed by atoms with Gasteiger partial charge in [-0.3, -0.25) is 0 Å². The van der Waals surface area contributed by atoms with Crippen LogP contribution in [-0.4, -0.2) is 12.6 Å². The predicted octanol–water partition coefficient (Wildman–Crippen LogP) is 0.902. The second kappa shape index (κ2) is 2.91. The molecule has 0 aromatic carbocycles. The van der Waals surface area contributed by atoms with Crippen LogP contribution in [0.15, 0.2) is 0 Å². The highest BCUT2D eigenvalue weighted by Gasteiger charge is 2.30. The zero-order valence-corrected chi connectivity index (χ0v) is 6.68. The number of quaternary nitrogens is 1. The molecule has 1 saturated heterocycles. The summed E-state index contributed by atoms with van der Waals surface area (Å²) in [4.78, 5) is 0. The summed E-state index contributed by atoms with van der Waals surface area (Å²) in [5.41, 5.74) is 0. The van der Waals surface area contributed by atoms with Crippen LogP contribution in [0.25, 0.3) is 0 Å². The van der Waals surface area contributed by atoms with Crippen LogP contribution in [0.5, 0.6) is 0 Å². The highest BCUT2D eigenvalue weighted by atomic mass is 14.9. The lowest BCUT2D eigenvalue weighted by Gasteiger charge is -2.33. The lowest BCUT2D eigenvalue weighted by molar-refractivity contribution is -0.705. The summed E-state index contributed by atoms with van der Waals surface area (Å²) >= 11 is 0. The molecular formula is C9H18N+. The Labute approximate surface area is 63.2 Å². The van der Waals surface area contributed by atoms with Gasteiger partial charge in [-0.1, -0.05) is 6.42 Å². The second-order valence-corrected chi connectivity index (χ2v) is 3.87. The largest absolute Gasteiger partial charge is 0.344 e. The predicted molar refractivity (Wildman–Crippen MR) is 41.8 cm³/mol. The first-order valence-electron chi connectivity index (χ1n) is 4.80. The lowest BCUT2D eigenvalue weighted by atomic mass is 9.77. The summed E-state index contributed by atoms with van der Waals surface area (Å²) in [5.74, 6) is 1.11. The zero-order chi connectivity index (χ0) is 6.81. The van der Waals surface area contributed by atoms with Crippen molar-refractivity contribution in [2.45, 2.75) is 44.6 Å². The molecule has 58 valence electrons. The summed E-state index contributed by atoms with van der Waals surface area (Å²) in [6, 6.07) is 1.03. The van der Waals surface area contributed by atoms with E-state index in [9.17, 15) is 0 Å². The van der Waals surface area contributed by atoms with Crippen molar-refractivity contribution < 1.29 is 5.32 Å². The van der Waals surface area contributed by atoms with Crippen molar-refractivity contribution in [3.63, 3.8) is 0 Å². The molecule has 0 unspecified atom stereocenters. The van der Waals surface area contributed by atoms with Gasteiger partial charge in [0.15, 0.2) is 0 Å². The van der Waals surface area contributed by atoms with Gasteiger partial charge in [0.25, 0.3) is 0 Å². The van der Waals surface area contributed by atoms with Gasteiger partial charge < -0.3 is 5.32 Å². The fraction of sp³-hybridized carbons (Fsp3) is 1.00. The van der Waals surface area contributed by atoms with Gasteiger partial charge in [-0.05, 0) is 32.1 Å². The van der Waals surface area contributed by atoms with E-state index >= 15 is 0 Å². The van der Waals surface area contributed by atoms with Crippen LogP contribution in [0.4, 0.5) is 0 Å². The Morgan fingerprint density at radius 3 is 2.30 bits per heavy atom. The van der Waals surface area contributed by atoms with Crippen LogP contribution in [0.2, 0.25) is 0 Å². The van der Waals surface area contributed by atoms with Crippen molar-refractivity contribution in [1.29, 1.82) is 0 Å². The number of piperidine rings is 1. The zero-order valence-electron chi connectivity index (χ0n) is 6.68. The molecule has 1 aliphatic carbocycles. The SMILES string of the molecule is C1CC[C@H](C2CCC2)[NH2+]C1. The van der Waals surface area contributed by atoms with Gasteiger partial charge in [0.2, 0.25) is 0 Å². The minimum Gasteiger partial charge on any atom is -0.344 e. The van der Waals surface area contributed by atoms with Gasteiger partial charge in [-0.15, -0.1) is 0 Å². The van der Waals surface area contributed by atoms with Gasteiger partial charge in [0.1, 0.15) is 0 Å². The molecule has 0 amide bonds. The summed E-state index contributed by atoms with van der Waals surface area (Å²) in [5, 5.41) is 2.59. The third kappa shape index (κ3) is 1.20. The van der Waals surface area contributed by atoms with Crippen molar-refractivity contribution in [2.24, 2.45) is 5.92 Å². The normalized spacial score (nSPS) is 35.4. The minimum atomic E-state index is 1.03. The molecule has 0 radical (unpaired) electrons. The molecule has 1 heterocycles. The fourth-order valence-corrected chi connectivity index (χ4v) is 2.27. The van der Waals surface area contributed by atoms with Gasteiger partial charge in [0, 0.05) is 5.92 Å². The van der Waals surface area contributed by atoms with Gasteiger partial charge >= 0.3 is 0 Å². The molecule has 2 rings (SSSR count). The smallest absolute Gasteiger partial charge is 0.0887 e. The molecule has 0 bridgehead atoms. The molecular weight excluding hydrogens is 122 g/mol. The fourth-order valence-electron chi connectivity index (χ4n) is 2.27. The van der Waals surface area contributed by atoms with Crippen molar-refractivity contribution >= 4 is 0 Å². The highest BCUT2D eigenvalue weighted by Crippen LogP contribution is 2.30. The number of rotatable bonds is 1. The maximum atomic E-state index is 2.59. The average molecular weight is 140 g/mol. The molecule has 1 nitrogen and oxygen atoms in total. The van der Waals surface area contributed by atoms with E-state index in [2.05, 4.69) is 5.32 Å². The van der Waals surface area contributed by atoms with Crippen molar-refractivity contribution in [1.82, 2.24) is 0 Å². The maximum absolute atomic E-state index is 2.59. The standard InChI is InChI=1S/C9H17N/c1-2-7-10-9(6-1)8-4-3-5-8/h8-10H,1-7H2/p+1/t9-/m1/s1. The van der Waals surface area contributed by atoms with E-state index in [0.717, 1.165) is 12.0 Å². The van der Waals surface area contributed by atoms with E-state index in [4.69, 9.17) is 0 Å². The first-order chi connectivity index (χ1) is 4.97. The lowest BCUT2D eigenvalue weighted by Crippen LogP contribution is -2.93. The van der Waals surface area contributed by atoms with Crippen molar-refractivity contribution in [2.75, 3.05) is 6.54 Å². The Balaban J connectivity index is 1.78. The first-order valence-corrected chi connectivity index (χ1v) is 4.80. The van der Waals surface area contributed by atoms with Crippen LogP contribution in [-0.2, 0) is 0 Å². The van der Waals surface area contributed by atoms with E-state index in [1.165, 1.54) is 45.1 Å². The average Bonchev–Trinajstić information content (AvgIpc) is 1.86. The van der Waals surface area contributed by atoms with Gasteiger partial charge in [-0.25, -0.2) is 0 Å². The summed E-state index contributed by atoms with van der Waals surface area (Å²) in [7, 11) is 0.